The molecular weight excluding hydrogens is 476 g/mol. The summed E-state index contributed by atoms with van der Waals surface area (Å²) in [5.74, 6) is 0.991. The van der Waals surface area contributed by atoms with Gasteiger partial charge < -0.3 is 9.64 Å². The second-order valence-electron chi connectivity index (χ2n) is 7.89. The minimum absolute atomic E-state index is 0.256. The second kappa shape index (κ2) is 11.6. The molecular formula is C27H28N4O2S2. The molecule has 0 bridgehead atoms. The Morgan fingerprint density at radius 3 is 2.31 bits per heavy atom. The van der Waals surface area contributed by atoms with Crippen molar-refractivity contribution in [1.29, 1.82) is 0 Å². The number of esters is 1. The summed E-state index contributed by atoms with van der Waals surface area (Å²) < 4.78 is 5.00. The van der Waals surface area contributed by atoms with Crippen molar-refractivity contribution < 1.29 is 9.53 Å². The molecule has 0 aliphatic carbocycles. The zero-order valence-corrected chi connectivity index (χ0v) is 21.9. The molecule has 4 aromatic rings. The zero-order valence-electron chi connectivity index (χ0n) is 20.3. The SMILES string of the molecule is CCN(CC)c1nc(Sc2ccc(C)cc2)nc2c(SCc3ccccc3)cc(C(=O)OC)nc12. The first-order valence-corrected chi connectivity index (χ1v) is 13.3. The summed E-state index contributed by atoms with van der Waals surface area (Å²) >= 11 is 3.16. The van der Waals surface area contributed by atoms with E-state index in [0.29, 0.717) is 10.7 Å². The smallest absolute Gasteiger partial charge is 0.356 e. The summed E-state index contributed by atoms with van der Waals surface area (Å²) in [6.45, 7) is 7.75. The van der Waals surface area contributed by atoms with Crippen molar-refractivity contribution in [1.82, 2.24) is 15.0 Å². The number of hydrogen-bond donors (Lipinski definition) is 0. The fourth-order valence-corrected chi connectivity index (χ4v) is 5.34. The van der Waals surface area contributed by atoms with Gasteiger partial charge in [0.05, 0.1) is 7.11 Å². The topological polar surface area (TPSA) is 68.2 Å². The van der Waals surface area contributed by atoms with Crippen LogP contribution in [-0.2, 0) is 10.5 Å². The molecule has 0 radical (unpaired) electrons. The lowest BCUT2D eigenvalue weighted by atomic mass is 10.2. The molecule has 0 atom stereocenters. The van der Waals surface area contributed by atoms with Gasteiger partial charge in [0.1, 0.15) is 16.7 Å². The maximum Gasteiger partial charge on any atom is 0.356 e. The monoisotopic (exact) mass is 504 g/mol. The van der Waals surface area contributed by atoms with Crippen molar-refractivity contribution in [3.63, 3.8) is 0 Å². The van der Waals surface area contributed by atoms with Crippen LogP contribution in [0.25, 0.3) is 11.0 Å². The molecule has 0 saturated carbocycles. The van der Waals surface area contributed by atoms with E-state index in [1.807, 2.05) is 18.2 Å². The molecule has 0 spiro atoms. The van der Waals surface area contributed by atoms with Gasteiger partial charge in [-0.25, -0.2) is 19.7 Å². The van der Waals surface area contributed by atoms with Gasteiger partial charge in [-0.3, -0.25) is 0 Å². The average molecular weight is 505 g/mol. The Hall–Kier alpha value is -3.10. The highest BCUT2D eigenvalue weighted by atomic mass is 32.2. The second-order valence-corrected chi connectivity index (χ2v) is 9.94. The highest BCUT2D eigenvalue weighted by molar-refractivity contribution is 7.99. The zero-order chi connectivity index (χ0) is 24.8. The fraction of sp³-hybridized carbons (Fsp3) is 0.259. The van der Waals surface area contributed by atoms with Crippen LogP contribution >= 0.6 is 23.5 Å². The number of fused-ring (bicyclic) bond motifs is 1. The third kappa shape index (κ3) is 5.94. The van der Waals surface area contributed by atoms with Crippen molar-refractivity contribution in [2.45, 2.75) is 41.5 Å². The number of nitrogens with zero attached hydrogens (tertiary/aromatic N) is 4. The summed E-state index contributed by atoms with van der Waals surface area (Å²) in [6.07, 6.45) is 0. The Balaban J connectivity index is 1.87. The van der Waals surface area contributed by atoms with Gasteiger partial charge in [0, 0.05) is 28.6 Å². The van der Waals surface area contributed by atoms with E-state index < -0.39 is 5.97 Å². The number of aromatic nitrogens is 3. The van der Waals surface area contributed by atoms with Crippen molar-refractivity contribution in [3.05, 3.63) is 77.5 Å². The Kier molecular flexibility index (Phi) is 8.25. The van der Waals surface area contributed by atoms with Crippen LogP contribution in [0, 0.1) is 6.92 Å². The van der Waals surface area contributed by atoms with E-state index in [1.54, 1.807) is 17.8 Å². The molecule has 2 heterocycles. The standard InChI is InChI=1S/C27H28N4O2S2/c1-5-31(6-2)25-24-23(29-27(30-25)35-20-14-12-18(3)13-15-20)22(16-21(28-24)26(32)33-4)34-17-19-10-8-7-9-11-19/h7-16H,5-6,17H2,1-4H3. The maximum atomic E-state index is 12.5. The number of pyridine rings is 1. The third-order valence-corrected chi connectivity index (χ3v) is 7.48. The van der Waals surface area contributed by atoms with Gasteiger partial charge in [-0.2, -0.15) is 0 Å². The van der Waals surface area contributed by atoms with E-state index >= 15 is 0 Å². The predicted molar refractivity (Wildman–Crippen MR) is 144 cm³/mol. The van der Waals surface area contributed by atoms with E-state index in [1.165, 1.54) is 30.0 Å². The number of ether oxygens (including phenoxy) is 1. The van der Waals surface area contributed by atoms with Gasteiger partial charge >= 0.3 is 5.97 Å². The molecule has 6 nitrogen and oxygen atoms in total. The number of aryl methyl sites for hydroxylation is 1. The molecule has 35 heavy (non-hydrogen) atoms. The molecule has 0 aliphatic rings. The number of anilines is 1. The summed E-state index contributed by atoms with van der Waals surface area (Å²) in [7, 11) is 1.37. The summed E-state index contributed by atoms with van der Waals surface area (Å²) in [4.78, 5) is 31.1. The van der Waals surface area contributed by atoms with E-state index in [-0.39, 0.29) is 5.69 Å². The Bertz CT molecular complexity index is 1310. The van der Waals surface area contributed by atoms with Crippen molar-refractivity contribution in [2.24, 2.45) is 0 Å². The number of carbonyl (C=O) groups is 1. The van der Waals surface area contributed by atoms with Gasteiger partial charge in [0.25, 0.3) is 0 Å². The predicted octanol–water partition coefficient (Wildman–Crippen LogP) is 6.41. The van der Waals surface area contributed by atoms with Gasteiger partial charge in [-0.1, -0.05) is 48.0 Å². The summed E-state index contributed by atoms with van der Waals surface area (Å²) in [6, 6.07) is 20.3. The first-order valence-electron chi connectivity index (χ1n) is 11.5. The molecule has 0 N–H and O–H groups in total. The van der Waals surface area contributed by atoms with Gasteiger partial charge in [0.15, 0.2) is 11.0 Å². The number of rotatable bonds is 9. The Labute approximate surface area is 214 Å². The largest absolute Gasteiger partial charge is 0.464 e. The number of benzene rings is 2. The van der Waals surface area contributed by atoms with Crippen LogP contribution in [0.5, 0.6) is 0 Å². The first-order chi connectivity index (χ1) is 17.0. The van der Waals surface area contributed by atoms with Gasteiger partial charge in [-0.05, 0) is 56.3 Å². The molecule has 0 aliphatic heterocycles. The minimum atomic E-state index is -0.475. The maximum absolute atomic E-state index is 12.5. The molecule has 0 unspecified atom stereocenters. The molecule has 0 amide bonds. The number of hydrogen-bond acceptors (Lipinski definition) is 8. The van der Waals surface area contributed by atoms with Crippen LogP contribution in [0.2, 0.25) is 0 Å². The summed E-state index contributed by atoms with van der Waals surface area (Å²) in [5.41, 5.74) is 4.00. The number of methoxy groups -OCH3 is 1. The molecule has 4 rings (SSSR count). The minimum Gasteiger partial charge on any atom is -0.464 e. The van der Waals surface area contributed by atoms with Crippen LogP contribution in [-0.4, -0.2) is 41.1 Å². The molecule has 2 aromatic heterocycles. The fourth-order valence-electron chi connectivity index (χ4n) is 3.60. The summed E-state index contributed by atoms with van der Waals surface area (Å²) in [5, 5.41) is 0.650. The average Bonchev–Trinajstić information content (AvgIpc) is 2.89. The highest BCUT2D eigenvalue weighted by Crippen LogP contribution is 2.36. The normalized spacial score (nSPS) is 11.0. The Morgan fingerprint density at radius 2 is 1.66 bits per heavy atom. The van der Waals surface area contributed by atoms with E-state index in [9.17, 15) is 4.79 Å². The van der Waals surface area contributed by atoms with Crippen LogP contribution in [0.1, 0.15) is 35.5 Å². The highest BCUT2D eigenvalue weighted by Gasteiger charge is 2.21. The van der Waals surface area contributed by atoms with Crippen molar-refractivity contribution in [3.8, 4) is 0 Å². The van der Waals surface area contributed by atoms with Crippen LogP contribution < -0.4 is 4.90 Å². The van der Waals surface area contributed by atoms with Gasteiger partial charge in [-0.15, -0.1) is 11.8 Å². The van der Waals surface area contributed by atoms with Crippen molar-refractivity contribution in [2.75, 3.05) is 25.1 Å². The lowest BCUT2D eigenvalue weighted by Gasteiger charge is -2.22. The Morgan fingerprint density at radius 1 is 0.943 bits per heavy atom. The van der Waals surface area contributed by atoms with Crippen molar-refractivity contribution >= 4 is 46.3 Å². The first kappa shape index (κ1) is 25.0. The molecule has 0 saturated heterocycles. The molecule has 180 valence electrons. The lowest BCUT2D eigenvalue weighted by molar-refractivity contribution is 0.0594. The van der Waals surface area contributed by atoms with Crippen LogP contribution in [0.15, 0.2) is 75.6 Å². The van der Waals surface area contributed by atoms with Gasteiger partial charge in [0.2, 0.25) is 0 Å². The third-order valence-electron chi connectivity index (χ3n) is 5.50. The van der Waals surface area contributed by atoms with Crippen LogP contribution in [0.4, 0.5) is 5.82 Å². The van der Waals surface area contributed by atoms with E-state index in [2.05, 4.69) is 67.1 Å². The molecule has 8 heteroatoms. The lowest BCUT2D eigenvalue weighted by Crippen LogP contribution is -2.24. The van der Waals surface area contributed by atoms with Crippen LogP contribution in [0.3, 0.4) is 0 Å². The van der Waals surface area contributed by atoms with E-state index in [0.717, 1.165) is 40.0 Å². The molecule has 0 fully saturated rings. The number of carbonyl (C=O) groups excluding carboxylic acids is 1. The quantitative estimate of drug-likeness (QED) is 0.147. The van der Waals surface area contributed by atoms with E-state index in [4.69, 9.17) is 14.7 Å². The molecule has 2 aromatic carbocycles. The number of thioether (sulfide) groups is 1.